The maximum Gasteiger partial charge on any atom is 0.350 e. The fraction of sp³-hybridized carbons (Fsp3) is 0.350. The smallest absolute Gasteiger partial charge is 0.350 e. The summed E-state index contributed by atoms with van der Waals surface area (Å²) in [5.74, 6) is -0.568. The number of benzene rings is 1. The van der Waals surface area contributed by atoms with E-state index in [1.54, 1.807) is 22.9 Å². The molecular weight excluding hydrogens is 383 g/mol. The Morgan fingerprint density at radius 3 is 2.68 bits per heavy atom. The quantitative estimate of drug-likeness (QED) is 0.506. The first-order chi connectivity index (χ1) is 13.1. The molecule has 0 bridgehead atoms. The van der Waals surface area contributed by atoms with Crippen molar-refractivity contribution in [3.63, 3.8) is 0 Å². The average molecular weight is 405 g/mol. The van der Waals surface area contributed by atoms with E-state index in [4.69, 9.17) is 16.4 Å². The Labute approximate surface area is 167 Å². The number of hydrogen-bond acceptors (Lipinski definition) is 4. The van der Waals surface area contributed by atoms with Gasteiger partial charge in [-0.25, -0.2) is 9.18 Å². The molecule has 2 aromatic heterocycles. The van der Waals surface area contributed by atoms with Gasteiger partial charge in [0.05, 0.1) is 16.9 Å². The molecule has 0 saturated heterocycles. The van der Waals surface area contributed by atoms with Gasteiger partial charge < -0.3 is 9.82 Å². The van der Waals surface area contributed by atoms with E-state index >= 15 is 0 Å². The van der Waals surface area contributed by atoms with Gasteiger partial charge in [0.25, 0.3) is 0 Å². The fourth-order valence-corrected chi connectivity index (χ4v) is 2.94. The number of halogens is 2. The van der Waals surface area contributed by atoms with E-state index in [2.05, 4.69) is 15.1 Å². The highest BCUT2D eigenvalue weighted by Gasteiger charge is 2.18. The molecule has 0 unspecified atom stereocenters. The number of nitrogens with zero attached hydrogens (tertiary/aromatic N) is 3. The molecule has 0 amide bonds. The molecule has 3 rings (SSSR count). The van der Waals surface area contributed by atoms with Crippen molar-refractivity contribution in [2.75, 3.05) is 0 Å². The molecule has 6 nitrogen and oxygen atoms in total. The molecule has 0 spiro atoms. The SMILES string of the molecule is CC(C)O/N=C/c1cc(Cl)c(F)c(-c2cc3cn(C(C)(C)C)c(=O)nc3[nH]2)c1. The van der Waals surface area contributed by atoms with E-state index in [0.29, 0.717) is 22.3 Å². The van der Waals surface area contributed by atoms with Crippen LogP contribution in [0.4, 0.5) is 4.39 Å². The summed E-state index contributed by atoms with van der Waals surface area (Å²) in [5, 5.41) is 4.53. The number of H-pyrrole nitrogens is 1. The van der Waals surface area contributed by atoms with Crippen LogP contribution >= 0.6 is 11.6 Å². The molecule has 2 heterocycles. The van der Waals surface area contributed by atoms with Crippen LogP contribution < -0.4 is 5.69 Å². The van der Waals surface area contributed by atoms with Crippen molar-refractivity contribution in [1.29, 1.82) is 0 Å². The third kappa shape index (κ3) is 4.09. The lowest BCUT2D eigenvalue weighted by atomic mass is 10.1. The van der Waals surface area contributed by atoms with Gasteiger partial charge in [0.15, 0.2) is 5.82 Å². The lowest BCUT2D eigenvalue weighted by molar-refractivity contribution is 0.0874. The summed E-state index contributed by atoms with van der Waals surface area (Å²) in [7, 11) is 0. The molecule has 0 aliphatic carbocycles. The molecule has 0 atom stereocenters. The highest BCUT2D eigenvalue weighted by molar-refractivity contribution is 6.31. The van der Waals surface area contributed by atoms with Crippen LogP contribution in [0.5, 0.6) is 0 Å². The molecule has 8 heteroatoms. The molecular formula is C20H22ClFN4O2. The molecule has 28 heavy (non-hydrogen) atoms. The van der Waals surface area contributed by atoms with Gasteiger partial charge in [-0.1, -0.05) is 16.8 Å². The number of rotatable bonds is 4. The number of oxime groups is 1. The monoisotopic (exact) mass is 404 g/mol. The van der Waals surface area contributed by atoms with Gasteiger partial charge in [0.2, 0.25) is 0 Å². The minimum Gasteiger partial charge on any atom is -0.393 e. The van der Waals surface area contributed by atoms with Gasteiger partial charge in [0, 0.05) is 22.7 Å². The highest BCUT2D eigenvalue weighted by Crippen LogP contribution is 2.30. The standard InChI is InChI=1S/C20H22ClFN4O2/c1-11(2)28-23-9-12-6-14(17(22)15(21)7-12)16-8-13-10-26(20(3,4)5)19(27)25-18(13)24-16/h6-11H,1-5H3,(H,24,25,27)/b23-9+. The summed E-state index contributed by atoms with van der Waals surface area (Å²) < 4.78 is 16.2. The van der Waals surface area contributed by atoms with Crippen LogP contribution in [-0.2, 0) is 10.4 Å². The zero-order valence-electron chi connectivity index (χ0n) is 16.4. The molecule has 1 aromatic carbocycles. The summed E-state index contributed by atoms with van der Waals surface area (Å²) in [6.07, 6.45) is 3.12. The van der Waals surface area contributed by atoms with Gasteiger partial charge in [-0.3, -0.25) is 4.57 Å². The summed E-state index contributed by atoms with van der Waals surface area (Å²) in [5.41, 5.74) is 0.899. The normalized spacial score (nSPS) is 12.4. The molecule has 0 fully saturated rings. The Morgan fingerprint density at radius 1 is 1.32 bits per heavy atom. The number of aromatic amines is 1. The van der Waals surface area contributed by atoms with Crippen LogP contribution in [0.2, 0.25) is 5.02 Å². The molecule has 0 saturated carbocycles. The summed E-state index contributed by atoms with van der Waals surface area (Å²) in [6.45, 7) is 9.45. The van der Waals surface area contributed by atoms with Gasteiger partial charge in [-0.05, 0) is 58.4 Å². The molecule has 1 N–H and O–H groups in total. The topological polar surface area (TPSA) is 72.3 Å². The van der Waals surface area contributed by atoms with E-state index in [1.165, 1.54) is 12.3 Å². The molecule has 148 valence electrons. The van der Waals surface area contributed by atoms with Crippen LogP contribution in [0.1, 0.15) is 40.2 Å². The van der Waals surface area contributed by atoms with Gasteiger partial charge in [-0.15, -0.1) is 0 Å². The Morgan fingerprint density at radius 2 is 2.04 bits per heavy atom. The Bertz CT molecular complexity index is 1110. The van der Waals surface area contributed by atoms with E-state index < -0.39 is 11.4 Å². The zero-order valence-corrected chi connectivity index (χ0v) is 17.1. The maximum atomic E-state index is 14.7. The first-order valence-corrected chi connectivity index (χ1v) is 9.25. The Hall–Kier alpha value is -2.67. The van der Waals surface area contributed by atoms with Crippen molar-refractivity contribution < 1.29 is 9.23 Å². The van der Waals surface area contributed by atoms with E-state index in [1.807, 2.05) is 34.6 Å². The van der Waals surface area contributed by atoms with Crippen molar-refractivity contribution in [2.45, 2.75) is 46.3 Å². The first kappa shape index (κ1) is 20.1. The Balaban J connectivity index is 2.10. The lowest BCUT2D eigenvalue weighted by Gasteiger charge is -2.21. The van der Waals surface area contributed by atoms with Crippen LogP contribution in [-0.4, -0.2) is 26.9 Å². The minimum absolute atomic E-state index is 0.0376. The molecule has 3 aromatic rings. The van der Waals surface area contributed by atoms with E-state index in [-0.39, 0.29) is 22.4 Å². The van der Waals surface area contributed by atoms with Crippen molar-refractivity contribution in [1.82, 2.24) is 14.5 Å². The summed E-state index contributed by atoms with van der Waals surface area (Å²) in [6, 6.07) is 4.82. The highest BCUT2D eigenvalue weighted by atomic mass is 35.5. The second-order valence-corrected chi connectivity index (χ2v) is 8.21. The second kappa shape index (κ2) is 7.39. The van der Waals surface area contributed by atoms with Crippen molar-refractivity contribution in [2.24, 2.45) is 5.16 Å². The average Bonchev–Trinajstić information content (AvgIpc) is 2.98. The van der Waals surface area contributed by atoms with Crippen LogP contribution in [0.3, 0.4) is 0 Å². The van der Waals surface area contributed by atoms with E-state index in [0.717, 1.165) is 0 Å². The van der Waals surface area contributed by atoms with Gasteiger partial charge >= 0.3 is 5.69 Å². The minimum atomic E-state index is -0.568. The molecule has 0 radical (unpaired) electrons. The molecule has 0 aliphatic heterocycles. The van der Waals surface area contributed by atoms with Crippen molar-refractivity contribution in [3.8, 4) is 11.3 Å². The predicted molar refractivity (Wildman–Crippen MR) is 110 cm³/mol. The maximum absolute atomic E-state index is 14.7. The summed E-state index contributed by atoms with van der Waals surface area (Å²) in [4.78, 5) is 24.5. The largest absolute Gasteiger partial charge is 0.393 e. The van der Waals surface area contributed by atoms with Crippen LogP contribution in [0, 0.1) is 5.82 Å². The second-order valence-electron chi connectivity index (χ2n) is 7.80. The third-order valence-corrected chi connectivity index (χ3v) is 4.32. The van der Waals surface area contributed by atoms with E-state index in [9.17, 15) is 9.18 Å². The van der Waals surface area contributed by atoms with Gasteiger partial charge in [-0.2, -0.15) is 4.98 Å². The Kier molecular flexibility index (Phi) is 5.30. The van der Waals surface area contributed by atoms with Gasteiger partial charge in [0.1, 0.15) is 11.8 Å². The number of aromatic nitrogens is 3. The lowest BCUT2D eigenvalue weighted by Crippen LogP contribution is -2.34. The number of fused-ring (bicyclic) bond motifs is 1. The van der Waals surface area contributed by atoms with Crippen molar-refractivity contribution >= 4 is 28.8 Å². The number of hydrogen-bond donors (Lipinski definition) is 1. The molecule has 0 aliphatic rings. The number of nitrogens with one attached hydrogen (secondary N) is 1. The summed E-state index contributed by atoms with van der Waals surface area (Å²) >= 11 is 6.06. The fourth-order valence-electron chi connectivity index (χ4n) is 2.71. The van der Waals surface area contributed by atoms with Crippen LogP contribution in [0.15, 0.2) is 34.3 Å². The van der Waals surface area contributed by atoms with Crippen molar-refractivity contribution in [3.05, 3.63) is 51.3 Å². The predicted octanol–water partition coefficient (Wildman–Crippen LogP) is 4.70. The zero-order chi connectivity index (χ0) is 20.6. The third-order valence-electron chi connectivity index (χ3n) is 4.04. The first-order valence-electron chi connectivity index (χ1n) is 8.88. The van der Waals surface area contributed by atoms with Crippen LogP contribution in [0.25, 0.3) is 22.3 Å².